The van der Waals surface area contributed by atoms with Crippen molar-refractivity contribution in [2.24, 2.45) is 5.92 Å². The molecule has 2 rings (SSSR count). The zero-order valence-corrected chi connectivity index (χ0v) is 12.1. The van der Waals surface area contributed by atoms with Crippen LogP contribution in [-0.4, -0.2) is 35.6 Å². The first-order chi connectivity index (χ1) is 9.75. The van der Waals surface area contributed by atoms with E-state index in [-0.39, 0.29) is 0 Å². The fourth-order valence-electron chi connectivity index (χ4n) is 2.84. The van der Waals surface area contributed by atoms with Crippen LogP contribution in [0.5, 0.6) is 0 Å². The molecule has 1 unspecified atom stereocenters. The molecule has 0 amide bonds. The third-order valence-electron chi connectivity index (χ3n) is 4.05. The van der Waals surface area contributed by atoms with Gasteiger partial charge < -0.3 is 10.0 Å². The summed E-state index contributed by atoms with van der Waals surface area (Å²) in [6, 6.07) is 0. The fraction of sp³-hybridized carbons (Fsp3) is 0.588. The Hall–Kier alpha value is -1.35. The maximum atomic E-state index is 11.0. The van der Waals surface area contributed by atoms with Crippen LogP contribution < -0.4 is 0 Å². The molecule has 110 valence electrons. The summed E-state index contributed by atoms with van der Waals surface area (Å²) < 4.78 is 0. The minimum Gasteiger partial charge on any atom is -0.481 e. The molecular weight excluding hydrogens is 250 g/mol. The van der Waals surface area contributed by atoms with Crippen LogP contribution >= 0.6 is 0 Å². The topological polar surface area (TPSA) is 40.5 Å². The molecule has 0 spiro atoms. The van der Waals surface area contributed by atoms with Crippen molar-refractivity contribution in [2.45, 2.75) is 38.5 Å². The van der Waals surface area contributed by atoms with Crippen LogP contribution in [0, 0.1) is 5.92 Å². The van der Waals surface area contributed by atoms with Gasteiger partial charge in [-0.25, -0.2) is 0 Å². The number of nitrogens with zero attached hydrogens (tertiary/aromatic N) is 1. The van der Waals surface area contributed by atoms with E-state index in [4.69, 9.17) is 5.11 Å². The molecule has 1 aliphatic carbocycles. The largest absolute Gasteiger partial charge is 0.481 e. The van der Waals surface area contributed by atoms with Crippen molar-refractivity contribution in [3.05, 3.63) is 36.0 Å². The minimum absolute atomic E-state index is 0.471. The molecular formula is C17H25NO2. The van der Waals surface area contributed by atoms with Gasteiger partial charge >= 0.3 is 5.97 Å². The quantitative estimate of drug-likeness (QED) is 0.782. The third kappa shape index (κ3) is 4.97. The van der Waals surface area contributed by atoms with E-state index in [1.165, 1.54) is 44.5 Å². The van der Waals surface area contributed by atoms with Gasteiger partial charge in [0.05, 0.1) is 5.92 Å². The van der Waals surface area contributed by atoms with Crippen molar-refractivity contribution in [2.75, 3.05) is 19.6 Å². The SMILES string of the molecule is O=C(O)C1C=CC/C=C(CCCN2CCCCC2)\C=C/1. The van der Waals surface area contributed by atoms with Gasteiger partial charge in [0.2, 0.25) is 0 Å². The summed E-state index contributed by atoms with van der Waals surface area (Å²) in [6.45, 7) is 3.67. The second kappa shape index (κ2) is 8.05. The standard InChI is InChI=1S/C17H25NO2/c19-17(20)16-9-3-2-7-15(10-11-16)8-6-14-18-12-4-1-5-13-18/h3,7,9-11,16H,1-2,4-6,8,12-14H2,(H,19,20)/b9-3?,11-10-,15-7-. The minimum atomic E-state index is -0.771. The summed E-state index contributed by atoms with van der Waals surface area (Å²) in [6.07, 6.45) is 16.8. The molecule has 20 heavy (non-hydrogen) atoms. The molecule has 0 aromatic carbocycles. The average molecular weight is 275 g/mol. The molecule has 1 atom stereocenters. The zero-order valence-electron chi connectivity index (χ0n) is 12.1. The van der Waals surface area contributed by atoms with E-state index < -0.39 is 11.9 Å². The molecule has 1 aliphatic heterocycles. The lowest BCUT2D eigenvalue weighted by molar-refractivity contribution is -0.138. The van der Waals surface area contributed by atoms with E-state index in [9.17, 15) is 4.79 Å². The third-order valence-corrected chi connectivity index (χ3v) is 4.05. The molecule has 1 saturated heterocycles. The van der Waals surface area contributed by atoms with Crippen molar-refractivity contribution in [3.63, 3.8) is 0 Å². The lowest BCUT2D eigenvalue weighted by Gasteiger charge is -2.26. The number of carboxylic acid groups (broad SMARTS) is 1. The maximum Gasteiger partial charge on any atom is 0.314 e. The van der Waals surface area contributed by atoms with Gasteiger partial charge in [-0.1, -0.05) is 42.4 Å². The number of carboxylic acids is 1. The van der Waals surface area contributed by atoms with Gasteiger partial charge in [0, 0.05) is 0 Å². The van der Waals surface area contributed by atoms with Crippen LogP contribution in [0.15, 0.2) is 36.0 Å². The van der Waals surface area contributed by atoms with Crippen molar-refractivity contribution >= 4 is 5.97 Å². The molecule has 0 radical (unpaired) electrons. The Morgan fingerprint density at radius 3 is 2.80 bits per heavy atom. The van der Waals surface area contributed by atoms with Gasteiger partial charge in [-0.05, 0) is 51.7 Å². The second-order valence-electron chi connectivity index (χ2n) is 5.67. The van der Waals surface area contributed by atoms with Crippen molar-refractivity contribution in [1.82, 2.24) is 4.90 Å². The summed E-state index contributed by atoms with van der Waals surface area (Å²) in [5.74, 6) is -1.24. The van der Waals surface area contributed by atoms with Crippen molar-refractivity contribution in [1.29, 1.82) is 0 Å². The summed E-state index contributed by atoms with van der Waals surface area (Å²) in [5.41, 5.74) is 1.28. The lowest BCUT2D eigenvalue weighted by atomic mass is 10.0. The van der Waals surface area contributed by atoms with Crippen LogP contribution in [0.4, 0.5) is 0 Å². The predicted molar refractivity (Wildman–Crippen MR) is 81.6 cm³/mol. The van der Waals surface area contributed by atoms with Gasteiger partial charge in [-0.15, -0.1) is 0 Å². The summed E-state index contributed by atoms with van der Waals surface area (Å²) >= 11 is 0. The van der Waals surface area contributed by atoms with Crippen LogP contribution in [-0.2, 0) is 4.79 Å². The Balaban J connectivity index is 1.78. The summed E-state index contributed by atoms with van der Waals surface area (Å²) in [4.78, 5) is 13.6. The number of carbonyl (C=O) groups is 1. The molecule has 1 N–H and O–H groups in total. The van der Waals surface area contributed by atoms with Crippen LogP contribution in [0.25, 0.3) is 0 Å². The van der Waals surface area contributed by atoms with Gasteiger partial charge in [0.1, 0.15) is 0 Å². The van der Waals surface area contributed by atoms with E-state index in [1.54, 1.807) is 12.2 Å². The van der Waals surface area contributed by atoms with E-state index in [0.717, 1.165) is 19.3 Å². The summed E-state index contributed by atoms with van der Waals surface area (Å²) in [7, 11) is 0. The van der Waals surface area contributed by atoms with Gasteiger partial charge in [0.15, 0.2) is 0 Å². The Bertz CT molecular complexity index is 403. The molecule has 0 saturated carbocycles. The highest BCUT2D eigenvalue weighted by Gasteiger charge is 2.11. The Kier molecular flexibility index (Phi) is 6.06. The number of likely N-dealkylation sites (tertiary alicyclic amines) is 1. The highest BCUT2D eigenvalue weighted by Crippen LogP contribution is 2.16. The normalized spacial score (nSPS) is 28.2. The Morgan fingerprint density at radius 1 is 1.25 bits per heavy atom. The summed E-state index contributed by atoms with van der Waals surface area (Å²) in [5, 5.41) is 9.06. The smallest absolute Gasteiger partial charge is 0.314 e. The predicted octanol–water partition coefficient (Wildman–Crippen LogP) is 3.40. The molecule has 0 bridgehead atoms. The van der Waals surface area contributed by atoms with Gasteiger partial charge in [0.25, 0.3) is 0 Å². The highest BCUT2D eigenvalue weighted by atomic mass is 16.4. The average Bonchev–Trinajstić information content (AvgIpc) is 2.42. The van der Waals surface area contributed by atoms with Gasteiger partial charge in [-0.2, -0.15) is 0 Å². The first-order valence-electron chi connectivity index (χ1n) is 7.75. The van der Waals surface area contributed by atoms with E-state index >= 15 is 0 Å². The second-order valence-corrected chi connectivity index (χ2v) is 5.67. The first-order valence-corrected chi connectivity index (χ1v) is 7.75. The van der Waals surface area contributed by atoms with Crippen LogP contribution in [0.1, 0.15) is 38.5 Å². The Morgan fingerprint density at radius 2 is 2.05 bits per heavy atom. The highest BCUT2D eigenvalue weighted by molar-refractivity contribution is 5.74. The van der Waals surface area contributed by atoms with Gasteiger partial charge in [-0.3, -0.25) is 4.79 Å². The molecule has 1 fully saturated rings. The molecule has 0 aromatic heterocycles. The van der Waals surface area contributed by atoms with Crippen LogP contribution in [0.3, 0.4) is 0 Å². The molecule has 2 aliphatic rings. The molecule has 3 heteroatoms. The number of hydrogen-bond donors (Lipinski definition) is 1. The monoisotopic (exact) mass is 275 g/mol. The molecule has 1 heterocycles. The zero-order chi connectivity index (χ0) is 14.2. The van der Waals surface area contributed by atoms with E-state index in [0.29, 0.717) is 0 Å². The Labute approximate surface area is 121 Å². The lowest BCUT2D eigenvalue weighted by Crippen LogP contribution is -2.30. The van der Waals surface area contributed by atoms with E-state index in [1.807, 2.05) is 12.2 Å². The number of piperidine rings is 1. The fourth-order valence-corrected chi connectivity index (χ4v) is 2.84. The maximum absolute atomic E-state index is 11.0. The molecule has 3 nitrogen and oxygen atoms in total. The van der Waals surface area contributed by atoms with E-state index in [2.05, 4.69) is 11.0 Å². The molecule has 0 aromatic rings. The first kappa shape index (κ1) is 15.0. The number of aliphatic carboxylic acids is 1. The number of allylic oxidation sites excluding steroid dienone is 4. The van der Waals surface area contributed by atoms with Crippen LogP contribution in [0.2, 0.25) is 0 Å². The van der Waals surface area contributed by atoms with Crippen molar-refractivity contribution < 1.29 is 9.90 Å². The number of rotatable bonds is 5. The van der Waals surface area contributed by atoms with Crippen molar-refractivity contribution in [3.8, 4) is 0 Å². The number of hydrogen-bond acceptors (Lipinski definition) is 2.